The summed E-state index contributed by atoms with van der Waals surface area (Å²) >= 11 is 0. The predicted molar refractivity (Wildman–Crippen MR) is 106 cm³/mol. The third-order valence-corrected chi connectivity index (χ3v) is 4.33. The van der Waals surface area contributed by atoms with Crippen molar-refractivity contribution in [3.8, 4) is 0 Å². The van der Waals surface area contributed by atoms with Crippen LogP contribution in [0.15, 0.2) is 67.0 Å². The van der Waals surface area contributed by atoms with Crippen molar-refractivity contribution in [1.29, 1.82) is 0 Å². The van der Waals surface area contributed by atoms with Crippen LogP contribution in [0, 0.1) is 13.8 Å². The Morgan fingerprint density at radius 1 is 0.815 bits per heavy atom. The highest BCUT2D eigenvalue weighted by Crippen LogP contribution is 2.20. The summed E-state index contributed by atoms with van der Waals surface area (Å²) in [5.74, 6) is -0.385. The second-order valence-corrected chi connectivity index (χ2v) is 6.34. The molecule has 0 saturated carbocycles. The number of rotatable bonds is 5. The maximum Gasteiger partial charge on any atom is 0.255 e. The van der Waals surface area contributed by atoms with Gasteiger partial charge in [-0.1, -0.05) is 18.2 Å². The van der Waals surface area contributed by atoms with Gasteiger partial charge in [0.05, 0.1) is 0 Å². The molecule has 1 aromatic heterocycles. The molecule has 2 amide bonds. The molecule has 0 saturated heterocycles. The second-order valence-electron chi connectivity index (χ2n) is 6.34. The predicted octanol–water partition coefficient (Wildman–Crippen LogP) is 3.88. The van der Waals surface area contributed by atoms with Gasteiger partial charge in [0.15, 0.2) is 0 Å². The van der Waals surface area contributed by atoms with Gasteiger partial charge in [-0.25, -0.2) is 0 Å². The minimum Gasteiger partial charge on any atom is -0.348 e. The Labute approximate surface area is 158 Å². The number of nitrogens with zero attached hydrogens (tertiary/aromatic N) is 1. The van der Waals surface area contributed by atoms with Crippen LogP contribution >= 0.6 is 0 Å². The van der Waals surface area contributed by atoms with Crippen LogP contribution in [0.2, 0.25) is 0 Å². The van der Waals surface area contributed by atoms with Crippen molar-refractivity contribution in [3.63, 3.8) is 0 Å². The number of anilines is 1. The zero-order valence-electron chi connectivity index (χ0n) is 15.3. The van der Waals surface area contributed by atoms with E-state index >= 15 is 0 Å². The maximum atomic E-state index is 12.5. The van der Waals surface area contributed by atoms with E-state index in [2.05, 4.69) is 15.6 Å². The second kappa shape index (κ2) is 8.27. The Morgan fingerprint density at radius 3 is 1.96 bits per heavy atom. The third-order valence-electron chi connectivity index (χ3n) is 4.33. The van der Waals surface area contributed by atoms with E-state index < -0.39 is 0 Å². The minimum absolute atomic E-state index is 0.187. The first-order valence-corrected chi connectivity index (χ1v) is 8.69. The van der Waals surface area contributed by atoms with Gasteiger partial charge < -0.3 is 10.6 Å². The number of para-hydroxylation sites is 1. The van der Waals surface area contributed by atoms with Crippen LogP contribution in [0.4, 0.5) is 5.69 Å². The van der Waals surface area contributed by atoms with E-state index in [1.807, 2.05) is 44.2 Å². The molecule has 136 valence electrons. The van der Waals surface area contributed by atoms with E-state index in [-0.39, 0.29) is 11.8 Å². The van der Waals surface area contributed by atoms with E-state index in [4.69, 9.17) is 0 Å². The molecule has 0 radical (unpaired) electrons. The number of aryl methyl sites for hydroxylation is 2. The summed E-state index contributed by atoms with van der Waals surface area (Å²) in [6.45, 7) is 4.34. The van der Waals surface area contributed by atoms with Gasteiger partial charge in [-0.05, 0) is 66.9 Å². The summed E-state index contributed by atoms with van der Waals surface area (Å²) in [7, 11) is 0. The van der Waals surface area contributed by atoms with Gasteiger partial charge in [0.2, 0.25) is 0 Å². The molecule has 2 aromatic carbocycles. The van der Waals surface area contributed by atoms with Gasteiger partial charge in [-0.2, -0.15) is 0 Å². The summed E-state index contributed by atoms with van der Waals surface area (Å²) < 4.78 is 0. The number of carbonyl (C=O) groups is 2. The molecule has 0 atom stereocenters. The van der Waals surface area contributed by atoms with E-state index in [1.54, 1.807) is 36.7 Å². The molecule has 1 heterocycles. The normalized spacial score (nSPS) is 10.3. The Kier molecular flexibility index (Phi) is 5.61. The Balaban J connectivity index is 1.64. The largest absolute Gasteiger partial charge is 0.348 e. The number of hydrogen-bond acceptors (Lipinski definition) is 3. The summed E-state index contributed by atoms with van der Waals surface area (Å²) in [5, 5.41) is 5.80. The number of benzene rings is 2. The Morgan fingerprint density at radius 2 is 1.37 bits per heavy atom. The maximum absolute atomic E-state index is 12.5. The zero-order chi connectivity index (χ0) is 19.2. The lowest BCUT2D eigenvalue weighted by Gasteiger charge is -2.12. The van der Waals surface area contributed by atoms with Gasteiger partial charge >= 0.3 is 0 Å². The molecule has 3 aromatic rings. The fourth-order valence-corrected chi connectivity index (χ4v) is 2.76. The number of pyridine rings is 1. The molecule has 3 rings (SSSR count). The summed E-state index contributed by atoms with van der Waals surface area (Å²) in [5.41, 5.74) is 4.83. The van der Waals surface area contributed by atoms with Crippen molar-refractivity contribution >= 4 is 17.5 Å². The van der Waals surface area contributed by atoms with Crippen LogP contribution in [-0.2, 0) is 6.54 Å². The minimum atomic E-state index is -0.198. The first-order chi connectivity index (χ1) is 13.0. The first-order valence-electron chi connectivity index (χ1n) is 8.69. The molecule has 0 unspecified atom stereocenters. The Hall–Kier alpha value is -3.47. The molecule has 27 heavy (non-hydrogen) atoms. The lowest BCUT2D eigenvalue weighted by Crippen LogP contribution is -2.23. The van der Waals surface area contributed by atoms with Crippen LogP contribution in [0.1, 0.15) is 37.4 Å². The molecular weight excluding hydrogens is 338 g/mol. The van der Waals surface area contributed by atoms with Crippen molar-refractivity contribution in [1.82, 2.24) is 10.3 Å². The van der Waals surface area contributed by atoms with Gasteiger partial charge in [0.1, 0.15) is 0 Å². The van der Waals surface area contributed by atoms with Gasteiger partial charge in [0, 0.05) is 35.8 Å². The number of amides is 2. The summed E-state index contributed by atoms with van der Waals surface area (Å²) in [6, 6.07) is 16.2. The molecule has 0 fully saturated rings. The molecule has 0 bridgehead atoms. The van der Waals surface area contributed by atoms with Crippen LogP contribution in [0.5, 0.6) is 0 Å². The van der Waals surface area contributed by atoms with Gasteiger partial charge in [0.25, 0.3) is 11.8 Å². The topological polar surface area (TPSA) is 71.1 Å². The monoisotopic (exact) mass is 359 g/mol. The fraction of sp³-hybridized carbons (Fsp3) is 0.136. The number of carbonyl (C=O) groups excluding carboxylic acids is 2. The van der Waals surface area contributed by atoms with E-state index in [0.717, 1.165) is 22.4 Å². The van der Waals surface area contributed by atoms with Gasteiger partial charge in [-0.15, -0.1) is 0 Å². The van der Waals surface area contributed by atoms with Crippen LogP contribution in [0.25, 0.3) is 0 Å². The van der Waals surface area contributed by atoms with E-state index in [1.165, 1.54) is 0 Å². The number of nitrogens with one attached hydrogen (secondary N) is 2. The number of hydrogen-bond donors (Lipinski definition) is 2. The van der Waals surface area contributed by atoms with Crippen molar-refractivity contribution in [2.75, 3.05) is 5.32 Å². The standard InChI is InChI=1S/C22H21N3O2/c1-15-4-3-5-16(2)20(15)25-22(27)19-8-6-18(7-9-19)21(26)24-14-17-10-12-23-13-11-17/h3-13H,14H2,1-2H3,(H,24,26)(H,25,27). The molecule has 0 aliphatic heterocycles. The molecule has 0 spiro atoms. The number of aromatic nitrogens is 1. The third kappa shape index (κ3) is 4.58. The van der Waals surface area contributed by atoms with Crippen molar-refractivity contribution < 1.29 is 9.59 Å². The van der Waals surface area contributed by atoms with Gasteiger partial charge in [-0.3, -0.25) is 14.6 Å². The average molecular weight is 359 g/mol. The van der Waals surface area contributed by atoms with Crippen molar-refractivity contribution in [2.45, 2.75) is 20.4 Å². The quantitative estimate of drug-likeness (QED) is 0.726. The molecule has 5 nitrogen and oxygen atoms in total. The molecule has 2 N–H and O–H groups in total. The highest BCUT2D eigenvalue weighted by atomic mass is 16.2. The molecular formula is C22H21N3O2. The fourth-order valence-electron chi connectivity index (χ4n) is 2.76. The smallest absolute Gasteiger partial charge is 0.255 e. The summed E-state index contributed by atoms with van der Waals surface area (Å²) in [6.07, 6.45) is 3.37. The average Bonchev–Trinajstić information content (AvgIpc) is 2.70. The molecule has 5 heteroatoms. The Bertz CT molecular complexity index is 931. The highest BCUT2D eigenvalue weighted by Gasteiger charge is 2.11. The SMILES string of the molecule is Cc1cccc(C)c1NC(=O)c1ccc(C(=O)NCc2ccncc2)cc1. The van der Waals surface area contributed by atoms with E-state index in [0.29, 0.717) is 17.7 Å². The highest BCUT2D eigenvalue weighted by molar-refractivity contribution is 6.05. The lowest BCUT2D eigenvalue weighted by molar-refractivity contribution is 0.0949. The molecule has 0 aliphatic rings. The van der Waals surface area contributed by atoms with Crippen LogP contribution in [-0.4, -0.2) is 16.8 Å². The summed E-state index contributed by atoms with van der Waals surface area (Å²) in [4.78, 5) is 28.7. The van der Waals surface area contributed by atoms with Crippen LogP contribution < -0.4 is 10.6 Å². The zero-order valence-corrected chi connectivity index (χ0v) is 15.3. The van der Waals surface area contributed by atoms with Crippen LogP contribution in [0.3, 0.4) is 0 Å². The van der Waals surface area contributed by atoms with Crippen molar-refractivity contribution in [3.05, 3.63) is 94.8 Å². The first kappa shape index (κ1) is 18.3. The lowest BCUT2D eigenvalue weighted by atomic mass is 10.1. The van der Waals surface area contributed by atoms with Crippen molar-refractivity contribution in [2.24, 2.45) is 0 Å². The molecule has 0 aliphatic carbocycles. The van der Waals surface area contributed by atoms with E-state index in [9.17, 15) is 9.59 Å².